The van der Waals surface area contributed by atoms with Gasteiger partial charge in [0, 0.05) is 39.0 Å². The molecule has 3 N–H and O–H groups in total. The second-order valence-corrected chi connectivity index (χ2v) is 4.92. The fourth-order valence-corrected chi connectivity index (χ4v) is 2.46. The van der Waals surface area contributed by atoms with Gasteiger partial charge in [-0.2, -0.15) is 0 Å². The number of ether oxygens (including phenoxy) is 2. The summed E-state index contributed by atoms with van der Waals surface area (Å²) < 4.78 is 10.5. The van der Waals surface area contributed by atoms with Gasteiger partial charge in [0.05, 0.1) is 19.1 Å². The van der Waals surface area contributed by atoms with Crippen LogP contribution in [0.4, 0.5) is 4.79 Å². The first kappa shape index (κ1) is 14.1. The third-order valence-corrected chi connectivity index (χ3v) is 3.48. The number of nitrogens with one attached hydrogen (secondary N) is 1. The number of piperidine rings is 1. The van der Waals surface area contributed by atoms with E-state index in [0.29, 0.717) is 39.0 Å². The molecule has 2 rings (SSSR count). The van der Waals surface area contributed by atoms with Gasteiger partial charge in [0.25, 0.3) is 0 Å². The van der Waals surface area contributed by atoms with Gasteiger partial charge < -0.3 is 25.4 Å². The predicted octanol–water partition coefficient (Wildman–Crippen LogP) is -0.549. The van der Waals surface area contributed by atoms with Gasteiger partial charge in [-0.05, 0) is 0 Å². The van der Waals surface area contributed by atoms with Crippen LogP contribution in [-0.4, -0.2) is 61.9 Å². The Kier molecular flexibility index (Phi) is 4.98. The van der Waals surface area contributed by atoms with E-state index in [0.717, 1.165) is 13.1 Å². The maximum atomic E-state index is 12.1. The van der Waals surface area contributed by atoms with E-state index in [-0.39, 0.29) is 18.1 Å². The molecule has 2 heterocycles. The number of carbonyl (C=O) groups excluding carboxylic acids is 2. The predicted molar refractivity (Wildman–Crippen MR) is 67.5 cm³/mol. The molecule has 7 nitrogen and oxygen atoms in total. The number of amides is 2. The van der Waals surface area contributed by atoms with Crippen molar-refractivity contribution in [3.8, 4) is 0 Å². The molecule has 19 heavy (non-hydrogen) atoms. The molecule has 0 aromatic rings. The topological polar surface area (TPSA) is 93.9 Å². The quantitative estimate of drug-likeness (QED) is 0.718. The molecular weight excluding hydrogens is 250 g/mol. The summed E-state index contributed by atoms with van der Waals surface area (Å²) in [5.74, 6) is 0.103. The second kappa shape index (κ2) is 6.72. The lowest BCUT2D eigenvalue weighted by Crippen LogP contribution is -2.45. The Hall–Kier alpha value is -1.34. The van der Waals surface area contributed by atoms with Gasteiger partial charge in [-0.15, -0.1) is 0 Å². The molecule has 0 radical (unpaired) electrons. The average molecular weight is 271 g/mol. The minimum absolute atomic E-state index is 0.0270. The second-order valence-electron chi connectivity index (χ2n) is 4.92. The van der Waals surface area contributed by atoms with E-state index in [1.807, 2.05) is 0 Å². The zero-order valence-corrected chi connectivity index (χ0v) is 11.0. The summed E-state index contributed by atoms with van der Waals surface area (Å²) in [6.07, 6.45) is 0.784. The summed E-state index contributed by atoms with van der Waals surface area (Å²) in [7, 11) is 0. The monoisotopic (exact) mass is 271 g/mol. The lowest BCUT2D eigenvalue weighted by atomic mass is 10.1. The third kappa shape index (κ3) is 4.36. The Morgan fingerprint density at radius 3 is 2.68 bits per heavy atom. The summed E-state index contributed by atoms with van der Waals surface area (Å²) in [6, 6.07) is 0. The van der Waals surface area contributed by atoms with Gasteiger partial charge >= 0.3 is 6.09 Å². The molecule has 0 aliphatic carbocycles. The number of morpholine rings is 1. The minimum Gasteiger partial charge on any atom is -0.446 e. The molecule has 2 fully saturated rings. The van der Waals surface area contributed by atoms with E-state index < -0.39 is 6.09 Å². The van der Waals surface area contributed by atoms with Gasteiger partial charge in [-0.3, -0.25) is 4.79 Å². The highest BCUT2D eigenvalue weighted by Gasteiger charge is 2.26. The van der Waals surface area contributed by atoms with Crippen molar-refractivity contribution in [1.29, 1.82) is 0 Å². The number of likely N-dealkylation sites (tertiary alicyclic amines) is 1. The highest BCUT2D eigenvalue weighted by Crippen LogP contribution is 2.15. The van der Waals surface area contributed by atoms with Crippen molar-refractivity contribution in [2.24, 2.45) is 5.73 Å². The molecule has 1 atom stereocenters. The number of hydrogen-bond acceptors (Lipinski definition) is 5. The summed E-state index contributed by atoms with van der Waals surface area (Å²) in [4.78, 5) is 24.5. The molecule has 0 aromatic carbocycles. The van der Waals surface area contributed by atoms with Crippen molar-refractivity contribution in [3.63, 3.8) is 0 Å². The molecule has 0 aromatic heterocycles. The van der Waals surface area contributed by atoms with E-state index in [1.54, 1.807) is 4.90 Å². The molecule has 2 amide bonds. The molecule has 0 unspecified atom stereocenters. The zero-order chi connectivity index (χ0) is 13.7. The van der Waals surface area contributed by atoms with E-state index >= 15 is 0 Å². The van der Waals surface area contributed by atoms with Crippen LogP contribution in [0.25, 0.3) is 0 Å². The van der Waals surface area contributed by atoms with E-state index in [1.165, 1.54) is 0 Å². The number of carbonyl (C=O) groups is 2. The van der Waals surface area contributed by atoms with Crippen molar-refractivity contribution in [2.45, 2.75) is 31.5 Å². The van der Waals surface area contributed by atoms with Crippen LogP contribution in [-0.2, 0) is 14.3 Å². The lowest BCUT2D eigenvalue weighted by Gasteiger charge is -2.33. The lowest BCUT2D eigenvalue weighted by molar-refractivity contribution is -0.136. The van der Waals surface area contributed by atoms with Crippen molar-refractivity contribution in [1.82, 2.24) is 10.2 Å². The largest absolute Gasteiger partial charge is 0.446 e. The molecule has 0 spiro atoms. The molecule has 2 saturated heterocycles. The van der Waals surface area contributed by atoms with Gasteiger partial charge in [0.2, 0.25) is 5.91 Å². The first-order valence-corrected chi connectivity index (χ1v) is 6.71. The highest BCUT2D eigenvalue weighted by atomic mass is 16.6. The van der Waals surface area contributed by atoms with Gasteiger partial charge in [0.15, 0.2) is 0 Å². The number of nitrogens with two attached hydrogens (primary N) is 1. The first-order chi connectivity index (χ1) is 9.15. The normalized spacial score (nSPS) is 25.1. The van der Waals surface area contributed by atoms with Crippen molar-refractivity contribution < 1.29 is 19.1 Å². The van der Waals surface area contributed by atoms with Crippen LogP contribution in [0.2, 0.25) is 0 Å². The average Bonchev–Trinajstić information content (AvgIpc) is 2.40. The molecule has 108 valence electrons. The van der Waals surface area contributed by atoms with Crippen LogP contribution in [0.15, 0.2) is 0 Å². The summed E-state index contributed by atoms with van der Waals surface area (Å²) >= 11 is 0. The number of rotatable bonds is 3. The maximum Gasteiger partial charge on any atom is 0.404 e. The fraction of sp³-hybridized carbons (Fsp3) is 0.833. The summed E-state index contributed by atoms with van der Waals surface area (Å²) in [5.41, 5.74) is 4.98. The molecule has 2 aliphatic heterocycles. The van der Waals surface area contributed by atoms with E-state index in [2.05, 4.69) is 5.32 Å². The van der Waals surface area contributed by atoms with Crippen LogP contribution in [0.5, 0.6) is 0 Å². The van der Waals surface area contributed by atoms with Crippen molar-refractivity contribution >= 4 is 12.0 Å². The van der Waals surface area contributed by atoms with Crippen LogP contribution in [0, 0.1) is 0 Å². The van der Waals surface area contributed by atoms with E-state index in [9.17, 15) is 9.59 Å². The third-order valence-electron chi connectivity index (χ3n) is 3.48. The van der Waals surface area contributed by atoms with Gasteiger partial charge in [-0.25, -0.2) is 4.79 Å². The number of hydrogen-bond donors (Lipinski definition) is 2. The number of primary amides is 1. The minimum atomic E-state index is -0.744. The Balaban J connectivity index is 1.71. The molecule has 0 saturated carbocycles. The Morgan fingerprint density at radius 2 is 2.11 bits per heavy atom. The smallest absolute Gasteiger partial charge is 0.404 e. The van der Waals surface area contributed by atoms with Crippen LogP contribution in [0.3, 0.4) is 0 Å². The molecule has 2 aliphatic rings. The summed E-state index contributed by atoms with van der Waals surface area (Å²) in [6.45, 7) is 3.45. The molecular formula is C12H21N3O4. The Bertz CT molecular complexity index is 323. The molecule has 7 heteroatoms. The van der Waals surface area contributed by atoms with Crippen molar-refractivity contribution in [2.75, 3.05) is 32.8 Å². The number of nitrogens with zero attached hydrogens (tertiary/aromatic N) is 1. The molecule has 0 bridgehead atoms. The van der Waals surface area contributed by atoms with Gasteiger partial charge in [-0.1, -0.05) is 0 Å². The fourth-order valence-electron chi connectivity index (χ4n) is 2.46. The standard InChI is InChI=1S/C12H21N3O4/c13-12(17)19-9-1-4-15(5-2-9)11(16)7-10-8-14-3-6-18-10/h9-10,14H,1-8H2,(H2,13,17)/t10-/m1/s1. The highest BCUT2D eigenvalue weighted by molar-refractivity contribution is 5.76. The summed E-state index contributed by atoms with van der Waals surface area (Å²) in [5, 5.41) is 3.20. The van der Waals surface area contributed by atoms with Crippen LogP contribution >= 0.6 is 0 Å². The van der Waals surface area contributed by atoms with Crippen LogP contribution in [0.1, 0.15) is 19.3 Å². The van der Waals surface area contributed by atoms with Crippen molar-refractivity contribution in [3.05, 3.63) is 0 Å². The van der Waals surface area contributed by atoms with E-state index in [4.69, 9.17) is 15.2 Å². The zero-order valence-electron chi connectivity index (χ0n) is 11.0. The Labute approximate surface area is 112 Å². The van der Waals surface area contributed by atoms with Gasteiger partial charge in [0.1, 0.15) is 6.10 Å². The maximum absolute atomic E-state index is 12.1. The first-order valence-electron chi connectivity index (χ1n) is 6.71. The SMILES string of the molecule is NC(=O)OC1CCN(C(=O)C[C@@H]2CNCCO2)CC1. The van der Waals surface area contributed by atoms with Crippen LogP contribution < -0.4 is 11.1 Å². The Morgan fingerprint density at radius 1 is 1.37 bits per heavy atom.